The molecule has 4 nitrogen and oxygen atoms in total. The molecular weight excluding hydrogens is 672 g/mol. The molecule has 4 saturated carbocycles. The van der Waals surface area contributed by atoms with Crippen LogP contribution in [-0.4, -0.2) is 83.3 Å². The van der Waals surface area contributed by atoms with Crippen molar-refractivity contribution in [3.8, 4) is 0 Å². The van der Waals surface area contributed by atoms with Crippen molar-refractivity contribution in [2.24, 2.45) is 0 Å². The predicted octanol–water partition coefficient (Wildman–Crippen LogP) is 8.04. The fourth-order valence-corrected chi connectivity index (χ4v) is 15.2. The molecule has 0 amide bonds. The first-order valence-corrected chi connectivity index (χ1v) is 21.0. The van der Waals surface area contributed by atoms with E-state index >= 15 is 0 Å². The number of nitrogens with zero attached hydrogens (tertiary/aromatic N) is 4. The Labute approximate surface area is 285 Å². The summed E-state index contributed by atoms with van der Waals surface area (Å²) in [6, 6.07) is 14.7. The Balaban J connectivity index is 0.00000192. The van der Waals surface area contributed by atoms with Crippen molar-refractivity contribution in [2.75, 3.05) is 26.2 Å². The van der Waals surface area contributed by atoms with E-state index in [1.807, 2.05) is 8.71 Å². The van der Waals surface area contributed by atoms with E-state index in [0.29, 0.717) is 0 Å². The molecule has 44 heavy (non-hydrogen) atoms. The Morgan fingerprint density at radius 2 is 0.727 bits per heavy atom. The van der Waals surface area contributed by atoms with Gasteiger partial charge in [0.25, 0.3) is 0 Å². The maximum absolute atomic E-state index is 3.06. The van der Waals surface area contributed by atoms with Gasteiger partial charge in [-0.15, -0.1) is 24.8 Å². The van der Waals surface area contributed by atoms with Gasteiger partial charge in [0.15, 0.2) is 0 Å². The SMILES string of the molecule is Cl.Cl.[CH](c1ccccc1)=[Ru](=[C]1N(C2CCCCC2)CCN1C1CCCCC1)=[C]1N(C2CCCCC2)CCN1C1CCCCC1. The molecule has 2 heterocycles. The average molecular weight is 733 g/mol. The molecule has 2 aliphatic heterocycles. The van der Waals surface area contributed by atoms with Gasteiger partial charge >= 0.3 is 262 Å². The summed E-state index contributed by atoms with van der Waals surface area (Å²) in [5.41, 5.74) is 1.48. The van der Waals surface area contributed by atoms with Gasteiger partial charge in [-0.1, -0.05) is 0 Å². The van der Waals surface area contributed by atoms with Crippen molar-refractivity contribution in [3.63, 3.8) is 0 Å². The topological polar surface area (TPSA) is 13.0 Å². The van der Waals surface area contributed by atoms with E-state index in [1.54, 1.807) is 0 Å². The van der Waals surface area contributed by atoms with Crippen molar-refractivity contribution in [2.45, 2.75) is 153 Å². The van der Waals surface area contributed by atoms with Gasteiger partial charge in [-0.25, -0.2) is 0 Å². The van der Waals surface area contributed by atoms with Gasteiger partial charge < -0.3 is 0 Å². The van der Waals surface area contributed by atoms with Gasteiger partial charge in [0, 0.05) is 0 Å². The molecule has 2 saturated heterocycles. The first kappa shape index (κ1) is 35.2. The standard InChI is InChI=1S/2C15H26N2.C7H6.2ClH.Ru/c2*1-3-7-14(8-4-1)16-11-12-17(13-16)15-9-5-2-6-10-15;1-7-5-3-2-4-6-7;;;/h2*14-15H,1-12H2;1-6H;2*1H;. The summed E-state index contributed by atoms with van der Waals surface area (Å²) in [5, 5.41) is 0. The minimum atomic E-state index is -1.73. The molecule has 0 aromatic heterocycles. The van der Waals surface area contributed by atoms with E-state index in [-0.39, 0.29) is 24.8 Å². The van der Waals surface area contributed by atoms with Gasteiger partial charge in [-0.05, 0) is 0 Å². The van der Waals surface area contributed by atoms with E-state index in [2.05, 4.69) is 54.5 Å². The molecule has 7 heteroatoms. The number of hydrogen-bond acceptors (Lipinski definition) is 4. The van der Waals surface area contributed by atoms with Gasteiger partial charge in [0.05, 0.1) is 0 Å². The second-order valence-electron chi connectivity index (χ2n) is 14.3. The quantitative estimate of drug-likeness (QED) is 0.285. The Morgan fingerprint density at radius 3 is 1.02 bits per heavy atom. The predicted molar refractivity (Wildman–Crippen MR) is 190 cm³/mol. The summed E-state index contributed by atoms with van der Waals surface area (Å²) in [7, 11) is 0. The van der Waals surface area contributed by atoms with Crippen LogP contribution < -0.4 is 0 Å². The van der Waals surface area contributed by atoms with Crippen LogP contribution in [0.1, 0.15) is 134 Å². The number of rotatable bonds is 5. The molecule has 4 aliphatic carbocycles. The zero-order valence-corrected chi connectivity index (χ0v) is 30.6. The fraction of sp³-hybridized carbons (Fsp3) is 0.757. The van der Waals surface area contributed by atoms with Gasteiger partial charge in [0.1, 0.15) is 0 Å². The van der Waals surface area contributed by atoms with Crippen LogP contribution in [0.2, 0.25) is 0 Å². The van der Waals surface area contributed by atoms with Crippen LogP contribution in [0, 0.1) is 0 Å². The Kier molecular flexibility index (Phi) is 13.9. The van der Waals surface area contributed by atoms with E-state index in [1.165, 1.54) is 160 Å². The average Bonchev–Trinajstić information content (AvgIpc) is 3.72. The number of hydrogen-bond donors (Lipinski definition) is 0. The molecule has 0 N–H and O–H groups in total. The summed E-state index contributed by atoms with van der Waals surface area (Å²) in [4.78, 5) is 12.3. The summed E-state index contributed by atoms with van der Waals surface area (Å²) in [5.74, 6) is 0. The van der Waals surface area contributed by atoms with Crippen molar-refractivity contribution < 1.29 is 14.6 Å². The molecule has 0 atom stereocenters. The molecule has 250 valence electrons. The third-order valence-corrected chi connectivity index (χ3v) is 16.3. The number of benzene rings is 1. The first-order chi connectivity index (χ1) is 20.9. The number of halogens is 2. The molecular formula is C37H60Cl2N4Ru. The molecule has 1 aromatic rings. The third-order valence-electron chi connectivity index (χ3n) is 11.5. The van der Waals surface area contributed by atoms with Crippen LogP contribution in [0.25, 0.3) is 0 Å². The summed E-state index contributed by atoms with van der Waals surface area (Å²) >= 11 is -1.73. The molecule has 0 radical (unpaired) electrons. The summed E-state index contributed by atoms with van der Waals surface area (Å²) in [6.45, 7) is 5.13. The van der Waals surface area contributed by atoms with Crippen LogP contribution >= 0.6 is 24.8 Å². The third kappa shape index (κ3) is 7.94. The second kappa shape index (κ2) is 17.3. The summed E-state index contributed by atoms with van der Waals surface area (Å²) < 4.78 is 6.60. The Bertz CT molecular complexity index is 1060. The first-order valence-electron chi connectivity index (χ1n) is 18.2. The van der Waals surface area contributed by atoms with Crippen molar-refractivity contribution in [1.82, 2.24) is 19.6 Å². The molecule has 7 rings (SSSR count). The van der Waals surface area contributed by atoms with Crippen molar-refractivity contribution >= 4 is 38.1 Å². The van der Waals surface area contributed by atoms with E-state index in [4.69, 9.17) is 0 Å². The second-order valence-corrected chi connectivity index (χ2v) is 17.8. The van der Waals surface area contributed by atoms with Crippen LogP contribution in [0.3, 0.4) is 0 Å². The zero-order chi connectivity index (χ0) is 28.1. The van der Waals surface area contributed by atoms with Gasteiger partial charge in [-0.3, -0.25) is 0 Å². The van der Waals surface area contributed by atoms with E-state index in [0.717, 1.165) is 24.2 Å². The molecule has 6 aliphatic rings. The van der Waals surface area contributed by atoms with Crippen molar-refractivity contribution in [1.29, 1.82) is 0 Å². The van der Waals surface area contributed by atoms with Gasteiger partial charge in [-0.2, -0.15) is 0 Å². The Hall–Kier alpha value is -0.127. The van der Waals surface area contributed by atoms with Crippen LogP contribution in [-0.2, 0) is 14.6 Å². The molecule has 0 unspecified atom stereocenters. The minimum absolute atomic E-state index is 0. The Morgan fingerprint density at radius 1 is 0.432 bits per heavy atom. The monoisotopic (exact) mass is 732 g/mol. The molecule has 0 spiro atoms. The van der Waals surface area contributed by atoms with E-state index in [9.17, 15) is 0 Å². The van der Waals surface area contributed by atoms with Crippen LogP contribution in [0.4, 0.5) is 0 Å². The fourth-order valence-electron chi connectivity index (χ4n) is 9.24. The van der Waals surface area contributed by atoms with E-state index < -0.39 is 14.6 Å². The van der Waals surface area contributed by atoms with Gasteiger partial charge in [0.2, 0.25) is 0 Å². The van der Waals surface area contributed by atoms with Crippen molar-refractivity contribution in [3.05, 3.63) is 35.9 Å². The maximum atomic E-state index is 3.06. The normalized spacial score (nSPS) is 26.7. The molecule has 0 bridgehead atoms. The van der Waals surface area contributed by atoms with Crippen LogP contribution in [0.5, 0.6) is 0 Å². The molecule has 6 fully saturated rings. The zero-order valence-electron chi connectivity index (χ0n) is 27.2. The summed E-state index contributed by atoms with van der Waals surface area (Å²) in [6.07, 6.45) is 28.7. The van der Waals surface area contributed by atoms with Crippen LogP contribution in [0.15, 0.2) is 30.3 Å². The molecule has 1 aromatic carbocycles.